The van der Waals surface area contributed by atoms with Gasteiger partial charge in [-0.15, -0.1) is 0 Å². The zero-order valence-corrected chi connectivity index (χ0v) is 14.4. The van der Waals surface area contributed by atoms with Gasteiger partial charge in [-0.1, -0.05) is 6.92 Å². The summed E-state index contributed by atoms with van der Waals surface area (Å²) in [5, 5.41) is 0. The second-order valence-corrected chi connectivity index (χ2v) is 6.91. The second kappa shape index (κ2) is 6.44. The maximum absolute atomic E-state index is 12.6. The van der Waals surface area contributed by atoms with Crippen molar-refractivity contribution < 1.29 is 23.5 Å². The van der Waals surface area contributed by atoms with E-state index in [9.17, 15) is 9.59 Å². The molecule has 1 saturated heterocycles. The Bertz CT molecular complexity index is 856. The van der Waals surface area contributed by atoms with Gasteiger partial charge in [-0.25, -0.2) is 9.59 Å². The quantitative estimate of drug-likeness (QED) is 0.781. The van der Waals surface area contributed by atoms with Gasteiger partial charge in [0.1, 0.15) is 12.7 Å². The van der Waals surface area contributed by atoms with Crippen molar-refractivity contribution in [1.29, 1.82) is 0 Å². The molecule has 2 aromatic heterocycles. The van der Waals surface area contributed by atoms with Crippen LogP contribution in [0.5, 0.6) is 0 Å². The molecule has 6 heteroatoms. The molecule has 4 rings (SSSR count). The summed E-state index contributed by atoms with van der Waals surface area (Å²) in [5.41, 5.74) is 2.29. The molecule has 0 bridgehead atoms. The van der Waals surface area contributed by atoms with Crippen molar-refractivity contribution in [3.63, 3.8) is 0 Å². The topological polar surface area (TPSA) is 78.6 Å². The lowest BCUT2D eigenvalue weighted by molar-refractivity contribution is -0.140. The Morgan fingerprint density at radius 1 is 1.42 bits per heavy atom. The molecule has 2 atom stereocenters. The molecule has 0 aromatic carbocycles. The summed E-state index contributed by atoms with van der Waals surface area (Å²) in [7, 11) is 0. The number of aromatic nitrogens is 1. The Kier molecular flexibility index (Phi) is 4.11. The van der Waals surface area contributed by atoms with E-state index in [0.29, 0.717) is 11.1 Å². The predicted octanol–water partition coefficient (Wildman–Crippen LogP) is 3.62. The molecule has 1 aliphatic heterocycles. The molecule has 134 valence electrons. The number of carbonyl (C=O) groups excluding carboxylic acids is 2. The minimum Gasteiger partial charge on any atom is -0.472 e. The number of nitrogens with zero attached hydrogens (tertiary/aromatic N) is 1. The molecule has 1 aliphatic carbocycles. The van der Waals surface area contributed by atoms with Gasteiger partial charge in [0.05, 0.1) is 18.1 Å². The number of furan rings is 1. The van der Waals surface area contributed by atoms with Crippen LogP contribution in [0.3, 0.4) is 0 Å². The summed E-state index contributed by atoms with van der Waals surface area (Å²) in [6.45, 7) is 2.12. The fourth-order valence-corrected chi connectivity index (χ4v) is 3.98. The monoisotopic (exact) mass is 353 g/mol. The van der Waals surface area contributed by atoms with Crippen LogP contribution in [-0.2, 0) is 14.3 Å². The summed E-state index contributed by atoms with van der Waals surface area (Å²) in [5.74, 6) is -0.776. The van der Waals surface area contributed by atoms with Crippen molar-refractivity contribution in [3.05, 3.63) is 65.4 Å². The van der Waals surface area contributed by atoms with Crippen molar-refractivity contribution in [1.82, 2.24) is 4.98 Å². The van der Waals surface area contributed by atoms with Crippen LogP contribution in [0, 0.1) is 5.41 Å². The van der Waals surface area contributed by atoms with Crippen LogP contribution >= 0.6 is 0 Å². The molecule has 1 fully saturated rings. The lowest BCUT2D eigenvalue weighted by atomic mass is 9.68. The summed E-state index contributed by atoms with van der Waals surface area (Å²) < 4.78 is 16.3. The van der Waals surface area contributed by atoms with Gasteiger partial charge in [0.25, 0.3) is 0 Å². The number of rotatable bonds is 4. The Morgan fingerprint density at radius 2 is 2.31 bits per heavy atom. The maximum Gasteiger partial charge on any atom is 0.340 e. The first-order valence-electron chi connectivity index (χ1n) is 8.62. The molecule has 3 heterocycles. The number of pyridine rings is 1. The minimum atomic E-state index is -0.448. The summed E-state index contributed by atoms with van der Waals surface area (Å²) in [6.07, 6.45) is 8.35. The standard InChI is InChI=1S/C20H19NO5/c1-20-7-2-4-14(12-25-18(22)13-5-3-8-21-10-13)16(20)19(23)26-17(20)15-6-9-24-11-15/h3,5-6,8-11,17H,2,4,7,12H2,1H3/t17-,20+/m0/s1. The van der Waals surface area contributed by atoms with Gasteiger partial charge in [-0.3, -0.25) is 4.98 Å². The lowest BCUT2D eigenvalue weighted by Gasteiger charge is -2.33. The molecule has 0 spiro atoms. The van der Waals surface area contributed by atoms with Crippen LogP contribution in [0.4, 0.5) is 0 Å². The number of hydrogen-bond donors (Lipinski definition) is 0. The van der Waals surface area contributed by atoms with Crippen molar-refractivity contribution in [2.75, 3.05) is 6.61 Å². The molecule has 0 saturated carbocycles. The molecule has 0 N–H and O–H groups in total. The first kappa shape index (κ1) is 16.6. The van der Waals surface area contributed by atoms with Gasteiger partial charge in [-0.2, -0.15) is 0 Å². The Morgan fingerprint density at radius 3 is 3.04 bits per heavy atom. The molecular formula is C20H19NO5. The van der Waals surface area contributed by atoms with E-state index in [2.05, 4.69) is 4.98 Å². The zero-order valence-electron chi connectivity index (χ0n) is 14.4. The molecule has 26 heavy (non-hydrogen) atoms. The average Bonchev–Trinajstić information content (AvgIpc) is 3.27. The van der Waals surface area contributed by atoms with E-state index in [1.807, 2.05) is 13.0 Å². The van der Waals surface area contributed by atoms with Crippen molar-refractivity contribution in [2.24, 2.45) is 5.41 Å². The van der Waals surface area contributed by atoms with E-state index in [-0.39, 0.29) is 18.7 Å². The molecule has 6 nitrogen and oxygen atoms in total. The largest absolute Gasteiger partial charge is 0.472 e. The number of carbonyl (C=O) groups is 2. The zero-order chi connectivity index (χ0) is 18.1. The molecule has 2 aliphatic rings. The van der Waals surface area contributed by atoms with Gasteiger partial charge in [0.15, 0.2) is 0 Å². The van der Waals surface area contributed by atoms with Gasteiger partial charge in [0.2, 0.25) is 0 Å². The van der Waals surface area contributed by atoms with Crippen molar-refractivity contribution in [3.8, 4) is 0 Å². The summed E-state index contributed by atoms with van der Waals surface area (Å²) >= 11 is 0. The normalized spacial score (nSPS) is 25.0. The number of ether oxygens (including phenoxy) is 2. The van der Waals surface area contributed by atoms with E-state index < -0.39 is 11.4 Å². The Hall–Kier alpha value is -2.89. The highest BCUT2D eigenvalue weighted by Crippen LogP contribution is 2.55. The second-order valence-electron chi connectivity index (χ2n) is 6.91. The summed E-state index contributed by atoms with van der Waals surface area (Å²) in [6, 6.07) is 5.15. The first-order valence-corrected chi connectivity index (χ1v) is 8.62. The van der Waals surface area contributed by atoms with Crippen molar-refractivity contribution in [2.45, 2.75) is 32.3 Å². The average molecular weight is 353 g/mol. The molecule has 0 radical (unpaired) electrons. The van der Waals surface area contributed by atoms with Crippen LogP contribution < -0.4 is 0 Å². The van der Waals surface area contributed by atoms with Gasteiger partial charge >= 0.3 is 11.9 Å². The highest BCUT2D eigenvalue weighted by Gasteiger charge is 2.53. The number of esters is 2. The fraction of sp³-hybridized carbons (Fsp3) is 0.350. The third kappa shape index (κ3) is 2.71. The number of hydrogen-bond acceptors (Lipinski definition) is 6. The van der Waals surface area contributed by atoms with E-state index in [1.54, 1.807) is 30.9 Å². The highest BCUT2D eigenvalue weighted by molar-refractivity contribution is 5.94. The van der Waals surface area contributed by atoms with E-state index in [4.69, 9.17) is 13.9 Å². The van der Waals surface area contributed by atoms with E-state index in [1.165, 1.54) is 6.20 Å². The van der Waals surface area contributed by atoms with Crippen LogP contribution in [0.15, 0.2) is 58.7 Å². The number of fused-ring (bicyclic) bond motifs is 1. The van der Waals surface area contributed by atoms with Crippen LogP contribution in [0.2, 0.25) is 0 Å². The summed E-state index contributed by atoms with van der Waals surface area (Å²) in [4.78, 5) is 28.7. The SMILES string of the molecule is C[C@@]12CCCC(COC(=O)c3cccnc3)=C1C(=O)O[C@H]2c1ccoc1. The molecule has 2 aromatic rings. The smallest absolute Gasteiger partial charge is 0.340 e. The maximum atomic E-state index is 12.6. The Labute approximate surface area is 150 Å². The van der Waals surface area contributed by atoms with Crippen LogP contribution in [-0.4, -0.2) is 23.5 Å². The van der Waals surface area contributed by atoms with Crippen molar-refractivity contribution >= 4 is 11.9 Å². The van der Waals surface area contributed by atoms with Gasteiger partial charge < -0.3 is 13.9 Å². The van der Waals surface area contributed by atoms with Crippen LogP contribution in [0.1, 0.15) is 48.2 Å². The van der Waals surface area contributed by atoms with Gasteiger partial charge in [-0.05, 0) is 43.0 Å². The highest BCUT2D eigenvalue weighted by atomic mass is 16.6. The fourth-order valence-electron chi connectivity index (χ4n) is 3.98. The number of cyclic esters (lactones) is 1. The predicted molar refractivity (Wildman–Crippen MR) is 91.0 cm³/mol. The van der Waals surface area contributed by atoms with Gasteiger partial charge in [0, 0.05) is 28.9 Å². The first-order chi connectivity index (χ1) is 12.6. The molecular weight excluding hydrogens is 334 g/mol. The third-order valence-electron chi connectivity index (χ3n) is 5.23. The Balaban J connectivity index is 1.59. The van der Waals surface area contributed by atoms with E-state index >= 15 is 0 Å². The van der Waals surface area contributed by atoms with E-state index in [0.717, 1.165) is 30.4 Å². The molecule has 0 amide bonds. The minimum absolute atomic E-state index is 0.0891. The lowest BCUT2D eigenvalue weighted by Crippen LogP contribution is -2.28. The van der Waals surface area contributed by atoms with Crippen LogP contribution in [0.25, 0.3) is 0 Å². The third-order valence-corrected chi connectivity index (χ3v) is 5.23. The molecule has 0 unspecified atom stereocenters.